The van der Waals surface area contributed by atoms with Crippen LogP contribution in [0.4, 0.5) is 4.79 Å². The molecular weight excluding hydrogens is 296 g/mol. The summed E-state index contributed by atoms with van der Waals surface area (Å²) in [6, 6.07) is -1.05. The fourth-order valence-electron chi connectivity index (χ4n) is 3.68. The Kier molecular flexibility index (Phi) is 3.28. The first-order valence-corrected chi connectivity index (χ1v) is 8.37. The van der Waals surface area contributed by atoms with Gasteiger partial charge in [-0.05, 0) is 32.6 Å². The molecule has 2 atom stereocenters. The van der Waals surface area contributed by atoms with Crippen molar-refractivity contribution in [3.8, 4) is 0 Å². The fraction of sp³-hybridized carbons (Fsp3) is 0.733. The summed E-state index contributed by atoms with van der Waals surface area (Å²) in [5, 5.41) is 4.58. The first-order chi connectivity index (χ1) is 11.1. The summed E-state index contributed by atoms with van der Waals surface area (Å²) in [6.45, 7) is 3.81. The SMILES string of the molecule is C[C@@H]1c2nc(C3CC3)nn2CCN1C(=O)[C@@H]1CCCN1C(N)=O. The van der Waals surface area contributed by atoms with Gasteiger partial charge in [0.15, 0.2) is 5.82 Å². The molecule has 0 bridgehead atoms. The van der Waals surface area contributed by atoms with E-state index >= 15 is 0 Å². The predicted octanol–water partition coefficient (Wildman–Crippen LogP) is 0.602. The van der Waals surface area contributed by atoms with E-state index in [1.54, 1.807) is 0 Å². The fourth-order valence-corrected chi connectivity index (χ4v) is 3.68. The Morgan fingerprint density at radius 2 is 1.91 bits per heavy atom. The molecule has 124 valence electrons. The number of hydrogen-bond acceptors (Lipinski definition) is 4. The maximum absolute atomic E-state index is 12.9. The summed E-state index contributed by atoms with van der Waals surface area (Å²) in [6.07, 6.45) is 3.83. The van der Waals surface area contributed by atoms with Crippen LogP contribution >= 0.6 is 0 Å². The third kappa shape index (κ3) is 2.36. The molecule has 1 aromatic rings. The molecule has 23 heavy (non-hydrogen) atoms. The Hall–Kier alpha value is -2.12. The Bertz CT molecular complexity index is 652. The van der Waals surface area contributed by atoms with Crippen molar-refractivity contribution in [2.75, 3.05) is 13.1 Å². The van der Waals surface area contributed by atoms with E-state index < -0.39 is 12.1 Å². The van der Waals surface area contributed by atoms with Crippen LogP contribution in [0.3, 0.4) is 0 Å². The number of fused-ring (bicyclic) bond motifs is 1. The van der Waals surface area contributed by atoms with E-state index in [9.17, 15) is 9.59 Å². The van der Waals surface area contributed by atoms with Gasteiger partial charge in [0.05, 0.1) is 12.6 Å². The van der Waals surface area contributed by atoms with Gasteiger partial charge in [0, 0.05) is 19.0 Å². The molecule has 3 aliphatic rings. The minimum Gasteiger partial charge on any atom is -0.351 e. The van der Waals surface area contributed by atoms with Crippen LogP contribution in [0.5, 0.6) is 0 Å². The molecule has 2 N–H and O–H groups in total. The summed E-state index contributed by atoms with van der Waals surface area (Å²) in [5.41, 5.74) is 5.40. The first kappa shape index (κ1) is 14.5. The zero-order valence-corrected chi connectivity index (χ0v) is 13.3. The lowest BCUT2D eigenvalue weighted by Gasteiger charge is -2.36. The summed E-state index contributed by atoms with van der Waals surface area (Å²) in [4.78, 5) is 32.4. The molecule has 0 spiro atoms. The van der Waals surface area contributed by atoms with Crippen LogP contribution in [0.15, 0.2) is 0 Å². The number of rotatable bonds is 2. The molecule has 2 aliphatic heterocycles. The van der Waals surface area contributed by atoms with E-state index in [4.69, 9.17) is 5.73 Å². The van der Waals surface area contributed by atoms with Crippen molar-refractivity contribution in [3.05, 3.63) is 11.6 Å². The number of carbonyl (C=O) groups is 2. The molecule has 1 aliphatic carbocycles. The predicted molar refractivity (Wildman–Crippen MR) is 81.4 cm³/mol. The van der Waals surface area contributed by atoms with Crippen molar-refractivity contribution in [3.63, 3.8) is 0 Å². The molecule has 8 heteroatoms. The second-order valence-electron chi connectivity index (χ2n) is 6.72. The monoisotopic (exact) mass is 318 g/mol. The average Bonchev–Trinajstić information content (AvgIpc) is 3.10. The normalized spacial score (nSPS) is 27.2. The molecule has 3 heterocycles. The second-order valence-corrected chi connectivity index (χ2v) is 6.72. The number of aromatic nitrogens is 3. The summed E-state index contributed by atoms with van der Waals surface area (Å²) in [5.74, 6) is 2.26. The Labute approximate surface area is 134 Å². The quantitative estimate of drug-likeness (QED) is 0.863. The maximum atomic E-state index is 12.9. The van der Waals surface area contributed by atoms with Crippen LogP contribution in [0.1, 0.15) is 56.2 Å². The van der Waals surface area contributed by atoms with E-state index in [2.05, 4.69) is 10.1 Å². The van der Waals surface area contributed by atoms with Gasteiger partial charge in [-0.15, -0.1) is 0 Å². The summed E-state index contributed by atoms with van der Waals surface area (Å²) < 4.78 is 1.93. The highest BCUT2D eigenvalue weighted by Gasteiger charge is 2.40. The van der Waals surface area contributed by atoms with Crippen LogP contribution in [0.25, 0.3) is 0 Å². The van der Waals surface area contributed by atoms with Gasteiger partial charge in [0.25, 0.3) is 0 Å². The Balaban J connectivity index is 1.55. The third-order valence-electron chi connectivity index (χ3n) is 5.16. The van der Waals surface area contributed by atoms with Gasteiger partial charge in [0.1, 0.15) is 11.9 Å². The molecule has 2 fully saturated rings. The van der Waals surface area contributed by atoms with Crippen LogP contribution < -0.4 is 5.73 Å². The summed E-state index contributed by atoms with van der Waals surface area (Å²) in [7, 11) is 0. The number of nitrogens with zero attached hydrogens (tertiary/aromatic N) is 5. The number of hydrogen-bond donors (Lipinski definition) is 1. The average molecular weight is 318 g/mol. The minimum absolute atomic E-state index is 0.0176. The highest BCUT2D eigenvalue weighted by molar-refractivity contribution is 5.87. The number of carbonyl (C=O) groups excluding carboxylic acids is 2. The van der Waals surface area contributed by atoms with Gasteiger partial charge in [-0.1, -0.05) is 0 Å². The molecule has 3 amide bonds. The molecule has 0 unspecified atom stereocenters. The smallest absolute Gasteiger partial charge is 0.315 e. The zero-order valence-electron chi connectivity index (χ0n) is 13.3. The highest BCUT2D eigenvalue weighted by atomic mass is 16.2. The van der Waals surface area contributed by atoms with Gasteiger partial charge in [-0.2, -0.15) is 5.10 Å². The molecular formula is C15H22N6O2. The third-order valence-corrected chi connectivity index (χ3v) is 5.16. The van der Waals surface area contributed by atoms with Gasteiger partial charge in [-0.25, -0.2) is 14.5 Å². The van der Waals surface area contributed by atoms with Crippen LogP contribution in [0, 0.1) is 0 Å². The Morgan fingerprint density at radius 1 is 1.13 bits per heavy atom. The standard InChI is InChI=1S/C15H22N6O2/c1-9-13-17-12(10-4-5-10)18-21(13)8-7-19(9)14(22)11-3-2-6-20(11)15(16)23/h9-11H,2-8H2,1H3,(H2,16,23)/t9-,11+/m1/s1. The number of likely N-dealkylation sites (tertiary alicyclic amines) is 1. The minimum atomic E-state index is -0.510. The number of urea groups is 1. The second kappa shape index (κ2) is 5.21. The summed E-state index contributed by atoms with van der Waals surface area (Å²) >= 11 is 0. The Morgan fingerprint density at radius 3 is 2.61 bits per heavy atom. The highest BCUT2D eigenvalue weighted by Crippen LogP contribution is 2.39. The first-order valence-electron chi connectivity index (χ1n) is 8.37. The molecule has 0 aromatic carbocycles. The molecule has 4 rings (SSSR count). The number of amides is 3. The van der Waals surface area contributed by atoms with Gasteiger partial charge in [-0.3, -0.25) is 4.79 Å². The van der Waals surface area contributed by atoms with Crippen molar-refractivity contribution in [2.24, 2.45) is 5.73 Å². The van der Waals surface area contributed by atoms with E-state index in [0.29, 0.717) is 32.0 Å². The number of primary amides is 1. The zero-order chi connectivity index (χ0) is 16.1. The van der Waals surface area contributed by atoms with Crippen LogP contribution in [-0.2, 0) is 11.3 Å². The van der Waals surface area contributed by atoms with Crippen molar-refractivity contribution in [1.29, 1.82) is 0 Å². The number of nitrogens with two attached hydrogens (primary N) is 1. The van der Waals surface area contributed by atoms with Crippen molar-refractivity contribution in [2.45, 2.75) is 57.2 Å². The molecule has 1 saturated heterocycles. The van der Waals surface area contributed by atoms with Gasteiger partial charge in [0.2, 0.25) is 5.91 Å². The topological polar surface area (TPSA) is 97.3 Å². The lowest BCUT2D eigenvalue weighted by atomic mass is 10.1. The van der Waals surface area contributed by atoms with Crippen LogP contribution in [0.2, 0.25) is 0 Å². The lowest BCUT2D eigenvalue weighted by Crippen LogP contribution is -2.52. The maximum Gasteiger partial charge on any atom is 0.315 e. The van der Waals surface area contributed by atoms with Gasteiger partial charge >= 0.3 is 6.03 Å². The lowest BCUT2D eigenvalue weighted by molar-refractivity contribution is -0.138. The van der Waals surface area contributed by atoms with Crippen LogP contribution in [-0.4, -0.2) is 55.6 Å². The molecule has 1 aromatic heterocycles. The van der Waals surface area contributed by atoms with Crippen molar-refractivity contribution >= 4 is 11.9 Å². The van der Waals surface area contributed by atoms with E-state index in [1.165, 1.54) is 4.90 Å². The van der Waals surface area contributed by atoms with E-state index in [1.807, 2.05) is 16.5 Å². The molecule has 0 radical (unpaired) electrons. The van der Waals surface area contributed by atoms with Gasteiger partial charge < -0.3 is 15.5 Å². The van der Waals surface area contributed by atoms with E-state index in [0.717, 1.165) is 30.9 Å². The van der Waals surface area contributed by atoms with Crippen molar-refractivity contribution in [1.82, 2.24) is 24.6 Å². The largest absolute Gasteiger partial charge is 0.351 e. The van der Waals surface area contributed by atoms with E-state index in [-0.39, 0.29) is 11.9 Å². The molecule has 8 nitrogen and oxygen atoms in total. The molecule has 1 saturated carbocycles. The van der Waals surface area contributed by atoms with Crippen molar-refractivity contribution < 1.29 is 9.59 Å².